The molecule has 0 heterocycles. The largest absolute Gasteiger partial charge is 0.340 e. The van der Waals surface area contributed by atoms with Crippen molar-refractivity contribution in [2.75, 3.05) is 5.32 Å². The number of carbonyl (C=O) groups is 2. The van der Waals surface area contributed by atoms with Gasteiger partial charge < -0.3 is 10.6 Å². The topological polar surface area (TPSA) is 58.2 Å². The molecule has 2 amide bonds. The van der Waals surface area contributed by atoms with E-state index in [1.54, 1.807) is 13.8 Å². The quantitative estimate of drug-likeness (QED) is 0.838. The Balaban J connectivity index is 1.75. The second-order valence-electron chi connectivity index (χ2n) is 7.12. The molecule has 2 N–H and O–H groups in total. The van der Waals surface area contributed by atoms with Gasteiger partial charge in [-0.15, -0.1) is 0 Å². The average molecular weight is 372 g/mol. The standard InChI is InChI=1S/C21H22F2N2O2/c1-12(2)19(25-20(26)18-16(22)7-4-8-17(18)23)21(27)24-15-10-9-13-5-3-6-14(13)11-15/h4,7-12,19H,3,5-6H2,1-2H3,(H,24,27)(H,25,26). The first-order chi connectivity index (χ1) is 12.9. The molecule has 2 aromatic carbocycles. The van der Waals surface area contributed by atoms with Crippen LogP contribution in [-0.2, 0) is 17.6 Å². The summed E-state index contributed by atoms with van der Waals surface area (Å²) >= 11 is 0. The number of nitrogens with one attached hydrogen (secondary N) is 2. The highest BCUT2D eigenvalue weighted by Gasteiger charge is 2.27. The molecule has 27 heavy (non-hydrogen) atoms. The Bertz CT molecular complexity index is 860. The molecule has 0 spiro atoms. The Labute approximate surface area is 157 Å². The normalized spacial score (nSPS) is 14.0. The van der Waals surface area contributed by atoms with Crippen molar-refractivity contribution in [3.8, 4) is 0 Å². The van der Waals surface area contributed by atoms with Gasteiger partial charge in [-0.3, -0.25) is 9.59 Å². The molecular weight excluding hydrogens is 350 g/mol. The molecule has 0 bridgehead atoms. The van der Waals surface area contributed by atoms with Gasteiger partial charge in [0.05, 0.1) is 0 Å². The number of halogens is 2. The maximum absolute atomic E-state index is 13.8. The average Bonchev–Trinajstić information content (AvgIpc) is 3.06. The molecule has 1 atom stereocenters. The molecule has 1 aliphatic rings. The van der Waals surface area contributed by atoms with Gasteiger partial charge >= 0.3 is 0 Å². The Morgan fingerprint density at radius 3 is 2.33 bits per heavy atom. The lowest BCUT2D eigenvalue weighted by molar-refractivity contribution is -0.118. The van der Waals surface area contributed by atoms with Crippen LogP contribution in [0.1, 0.15) is 41.8 Å². The molecule has 0 radical (unpaired) electrons. The zero-order valence-electron chi connectivity index (χ0n) is 15.3. The highest BCUT2D eigenvalue weighted by atomic mass is 19.1. The summed E-state index contributed by atoms with van der Waals surface area (Å²) in [5.41, 5.74) is 2.47. The molecule has 0 saturated carbocycles. The molecule has 142 valence electrons. The van der Waals surface area contributed by atoms with Crippen LogP contribution in [-0.4, -0.2) is 17.9 Å². The number of amides is 2. The first kappa shape index (κ1) is 19.0. The van der Waals surface area contributed by atoms with Crippen LogP contribution in [0, 0.1) is 17.6 Å². The van der Waals surface area contributed by atoms with E-state index in [-0.39, 0.29) is 5.92 Å². The predicted octanol–water partition coefficient (Wildman–Crippen LogP) is 3.85. The van der Waals surface area contributed by atoms with E-state index in [1.807, 2.05) is 18.2 Å². The minimum atomic E-state index is -0.964. The second-order valence-corrected chi connectivity index (χ2v) is 7.12. The van der Waals surface area contributed by atoms with Gasteiger partial charge in [0.25, 0.3) is 5.91 Å². The van der Waals surface area contributed by atoms with Crippen LogP contribution in [0.15, 0.2) is 36.4 Å². The number of anilines is 1. The van der Waals surface area contributed by atoms with Crippen molar-refractivity contribution in [1.82, 2.24) is 5.32 Å². The molecule has 0 fully saturated rings. The number of aryl methyl sites for hydroxylation is 2. The fraction of sp³-hybridized carbons (Fsp3) is 0.333. The van der Waals surface area contributed by atoms with Crippen molar-refractivity contribution < 1.29 is 18.4 Å². The third-order valence-corrected chi connectivity index (χ3v) is 4.79. The van der Waals surface area contributed by atoms with Gasteiger partial charge in [-0.2, -0.15) is 0 Å². The van der Waals surface area contributed by atoms with E-state index in [9.17, 15) is 18.4 Å². The fourth-order valence-electron chi connectivity index (χ4n) is 3.33. The number of fused-ring (bicyclic) bond motifs is 1. The van der Waals surface area contributed by atoms with Crippen LogP contribution in [0.4, 0.5) is 14.5 Å². The van der Waals surface area contributed by atoms with E-state index in [4.69, 9.17) is 0 Å². The Hall–Kier alpha value is -2.76. The smallest absolute Gasteiger partial charge is 0.257 e. The highest BCUT2D eigenvalue weighted by molar-refractivity contribution is 6.01. The zero-order chi connectivity index (χ0) is 19.6. The van der Waals surface area contributed by atoms with Crippen molar-refractivity contribution >= 4 is 17.5 Å². The van der Waals surface area contributed by atoms with Crippen molar-refractivity contribution in [2.24, 2.45) is 5.92 Å². The van der Waals surface area contributed by atoms with Crippen molar-refractivity contribution in [3.63, 3.8) is 0 Å². The van der Waals surface area contributed by atoms with Crippen LogP contribution >= 0.6 is 0 Å². The SMILES string of the molecule is CC(C)C(NC(=O)c1c(F)cccc1F)C(=O)Nc1ccc2c(c1)CCC2. The molecule has 0 saturated heterocycles. The molecule has 0 aliphatic heterocycles. The monoisotopic (exact) mass is 372 g/mol. The number of carbonyl (C=O) groups excluding carboxylic acids is 2. The van der Waals surface area contributed by atoms with Crippen LogP contribution in [0.2, 0.25) is 0 Å². The van der Waals surface area contributed by atoms with Crippen molar-refractivity contribution in [2.45, 2.75) is 39.2 Å². The molecule has 1 aliphatic carbocycles. The minimum Gasteiger partial charge on any atom is -0.340 e. The maximum Gasteiger partial charge on any atom is 0.257 e. The number of benzene rings is 2. The molecule has 3 rings (SSSR count). The van der Waals surface area contributed by atoms with Gasteiger partial charge in [-0.05, 0) is 60.6 Å². The Kier molecular flexibility index (Phi) is 5.54. The molecule has 1 unspecified atom stereocenters. The maximum atomic E-state index is 13.8. The predicted molar refractivity (Wildman–Crippen MR) is 99.5 cm³/mol. The summed E-state index contributed by atoms with van der Waals surface area (Å²) < 4.78 is 27.7. The summed E-state index contributed by atoms with van der Waals surface area (Å²) in [7, 11) is 0. The third kappa shape index (κ3) is 4.15. The molecule has 2 aromatic rings. The Morgan fingerprint density at radius 1 is 1.00 bits per heavy atom. The molecule has 4 nitrogen and oxygen atoms in total. The lowest BCUT2D eigenvalue weighted by atomic mass is 10.0. The van der Waals surface area contributed by atoms with Gasteiger partial charge in [0.2, 0.25) is 5.91 Å². The number of hydrogen-bond acceptors (Lipinski definition) is 2. The molecular formula is C21H22F2N2O2. The van der Waals surface area contributed by atoms with Crippen molar-refractivity contribution in [3.05, 3.63) is 64.7 Å². The lowest BCUT2D eigenvalue weighted by Gasteiger charge is -2.22. The van der Waals surface area contributed by atoms with E-state index < -0.39 is 35.1 Å². The number of hydrogen-bond donors (Lipinski definition) is 2. The summed E-state index contributed by atoms with van der Waals surface area (Å²) in [6.45, 7) is 3.51. The van der Waals surface area contributed by atoms with Gasteiger partial charge in [0.15, 0.2) is 0 Å². The summed E-state index contributed by atoms with van der Waals surface area (Å²) in [5, 5.41) is 5.25. The third-order valence-electron chi connectivity index (χ3n) is 4.79. The first-order valence-electron chi connectivity index (χ1n) is 9.04. The van der Waals surface area contributed by atoms with Crippen molar-refractivity contribution in [1.29, 1.82) is 0 Å². The van der Waals surface area contributed by atoms with E-state index in [2.05, 4.69) is 10.6 Å². The molecule has 0 aromatic heterocycles. The van der Waals surface area contributed by atoms with E-state index in [1.165, 1.54) is 17.2 Å². The lowest BCUT2D eigenvalue weighted by Crippen LogP contribution is -2.47. The van der Waals surface area contributed by atoms with E-state index in [0.717, 1.165) is 31.4 Å². The summed E-state index contributed by atoms with van der Waals surface area (Å²) in [4.78, 5) is 25.0. The van der Waals surface area contributed by atoms with Crippen LogP contribution < -0.4 is 10.6 Å². The summed E-state index contributed by atoms with van der Waals surface area (Å²) in [6, 6.07) is 8.04. The van der Waals surface area contributed by atoms with E-state index >= 15 is 0 Å². The van der Waals surface area contributed by atoms with E-state index in [0.29, 0.717) is 5.69 Å². The highest BCUT2D eigenvalue weighted by Crippen LogP contribution is 2.25. The summed E-state index contributed by atoms with van der Waals surface area (Å²) in [5.74, 6) is -3.57. The van der Waals surface area contributed by atoms with Gasteiger partial charge in [-0.25, -0.2) is 8.78 Å². The Morgan fingerprint density at radius 2 is 1.67 bits per heavy atom. The van der Waals surface area contributed by atoms with Gasteiger partial charge in [0.1, 0.15) is 23.2 Å². The second kappa shape index (κ2) is 7.86. The van der Waals surface area contributed by atoms with Gasteiger partial charge in [0, 0.05) is 5.69 Å². The number of rotatable bonds is 5. The van der Waals surface area contributed by atoms with Crippen LogP contribution in [0.25, 0.3) is 0 Å². The summed E-state index contributed by atoms with van der Waals surface area (Å²) in [6.07, 6.45) is 3.13. The van der Waals surface area contributed by atoms with Crippen LogP contribution in [0.3, 0.4) is 0 Å². The van der Waals surface area contributed by atoms with Crippen LogP contribution in [0.5, 0.6) is 0 Å². The molecule has 6 heteroatoms. The fourth-order valence-corrected chi connectivity index (χ4v) is 3.33. The minimum absolute atomic E-state index is 0.266. The first-order valence-corrected chi connectivity index (χ1v) is 9.04. The zero-order valence-corrected chi connectivity index (χ0v) is 15.3. The van der Waals surface area contributed by atoms with Gasteiger partial charge in [-0.1, -0.05) is 26.0 Å².